The van der Waals surface area contributed by atoms with Crippen LogP contribution in [0.2, 0.25) is 0 Å². The quantitative estimate of drug-likeness (QED) is 0.501. The maximum Gasteiger partial charge on any atom is 0.297 e. The second kappa shape index (κ2) is 5.04. The van der Waals surface area contributed by atoms with Crippen LogP contribution in [0.3, 0.4) is 0 Å². The lowest BCUT2D eigenvalue weighted by molar-refractivity contribution is -0.383. The summed E-state index contributed by atoms with van der Waals surface area (Å²) in [6.45, 7) is 5.18. The van der Waals surface area contributed by atoms with Gasteiger partial charge in [0.05, 0.1) is 10.7 Å². The Hall–Kier alpha value is -1.83. The average Bonchev–Trinajstić information content (AvgIpc) is 2.16. The van der Waals surface area contributed by atoms with Gasteiger partial charge in [0.1, 0.15) is 5.75 Å². The predicted molar refractivity (Wildman–Crippen MR) is 71.6 cm³/mol. The third kappa shape index (κ3) is 4.40. The van der Waals surface area contributed by atoms with Crippen molar-refractivity contribution in [1.82, 2.24) is 0 Å². The highest BCUT2D eigenvalue weighted by Gasteiger charge is 2.26. The fourth-order valence-electron chi connectivity index (χ4n) is 1.55. The van der Waals surface area contributed by atoms with Crippen LogP contribution in [-0.2, 0) is 10.0 Å². The summed E-state index contributed by atoms with van der Waals surface area (Å²) in [5.74, 6) is -0.697. The molecule has 0 aliphatic carbocycles. The maximum absolute atomic E-state index is 11.9. The van der Waals surface area contributed by atoms with Crippen LogP contribution < -0.4 is 4.72 Å². The fraction of sp³-hybridized carbons (Fsp3) is 0.455. The Morgan fingerprint density at radius 1 is 1.37 bits per heavy atom. The van der Waals surface area contributed by atoms with Gasteiger partial charge in [-0.25, -0.2) is 8.42 Å². The molecular weight excluding hydrogens is 272 g/mol. The van der Waals surface area contributed by atoms with E-state index >= 15 is 0 Å². The Morgan fingerprint density at radius 3 is 2.42 bits per heavy atom. The first-order chi connectivity index (χ1) is 8.52. The smallest absolute Gasteiger partial charge is 0.297 e. The molecule has 19 heavy (non-hydrogen) atoms. The normalized spacial score (nSPS) is 12.2. The molecule has 0 heterocycles. The molecule has 8 heteroatoms. The molecular formula is C11H16N2O5S. The van der Waals surface area contributed by atoms with E-state index in [9.17, 15) is 23.6 Å². The summed E-state index contributed by atoms with van der Waals surface area (Å²) in [6.07, 6.45) is 0. The molecule has 1 aromatic rings. The zero-order valence-corrected chi connectivity index (χ0v) is 11.7. The van der Waals surface area contributed by atoms with Gasteiger partial charge in [-0.15, -0.1) is 0 Å². The number of rotatable bonds is 4. The third-order valence-electron chi connectivity index (χ3n) is 2.10. The van der Waals surface area contributed by atoms with Crippen molar-refractivity contribution in [1.29, 1.82) is 0 Å². The van der Waals surface area contributed by atoms with Crippen LogP contribution in [-0.4, -0.2) is 24.2 Å². The van der Waals surface area contributed by atoms with Crippen molar-refractivity contribution in [3.8, 4) is 5.75 Å². The van der Waals surface area contributed by atoms with Crippen molar-refractivity contribution in [3.05, 3.63) is 28.3 Å². The minimum atomic E-state index is -3.79. The summed E-state index contributed by atoms with van der Waals surface area (Å²) < 4.78 is 25.9. The molecule has 2 N–H and O–H groups in total. The summed E-state index contributed by atoms with van der Waals surface area (Å²) in [4.78, 5) is 10.0. The Kier molecular flexibility index (Phi) is 4.04. The van der Waals surface area contributed by atoms with Gasteiger partial charge in [-0.05, 0) is 11.5 Å². The third-order valence-corrected chi connectivity index (χ3v) is 3.86. The van der Waals surface area contributed by atoms with Crippen molar-refractivity contribution < 1.29 is 18.4 Å². The van der Waals surface area contributed by atoms with Crippen molar-refractivity contribution in [2.45, 2.75) is 20.8 Å². The van der Waals surface area contributed by atoms with Gasteiger partial charge >= 0.3 is 0 Å². The van der Waals surface area contributed by atoms with Crippen LogP contribution in [0.1, 0.15) is 20.8 Å². The molecule has 0 unspecified atom stereocenters. The number of nitro groups is 1. The highest BCUT2D eigenvalue weighted by atomic mass is 32.2. The number of sulfonamides is 1. The van der Waals surface area contributed by atoms with Gasteiger partial charge in [0.15, 0.2) is 5.69 Å². The lowest BCUT2D eigenvalue weighted by atomic mass is 10.0. The van der Waals surface area contributed by atoms with Gasteiger partial charge in [-0.2, -0.15) is 0 Å². The van der Waals surface area contributed by atoms with E-state index < -0.39 is 37.5 Å². The molecule has 0 radical (unpaired) electrons. The summed E-state index contributed by atoms with van der Waals surface area (Å²) >= 11 is 0. The monoisotopic (exact) mass is 288 g/mol. The standard InChI is InChI=1S/C11H16N2O5S/c1-11(2,3)7-19(17,18)12-10-8(13(15)16)5-4-6-9(10)14/h4-6,12,14H,7H2,1-3H3. The van der Waals surface area contributed by atoms with Crippen molar-refractivity contribution in [2.24, 2.45) is 5.41 Å². The van der Waals surface area contributed by atoms with E-state index in [-0.39, 0.29) is 5.75 Å². The van der Waals surface area contributed by atoms with E-state index in [1.165, 1.54) is 12.1 Å². The van der Waals surface area contributed by atoms with Crippen molar-refractivity contribution in [3.63, 3.8) is 0 Å². The highest BCUT2D eigenvalue weighted by Crippen LogP contribution is 2.34. The summed E-state index contributed by atoms with van der Waals surface area (Å²) in [5.41, 5.74) is -1.40. The van der Waals surface area contributed by atoms with Crippen LogP contribution in [0.25, 0.3) is 0 Å². The largest absolute Gasteiger partial charge is 0.505 e. The topological polar surface area (TPSA) is 110 Å². The molecule has 0 saturated heterocycles. The van der Waals surface area contributed by atoms with Crippen molar-refractivity contribution >= 4 is 21.4 Å². The summed E-state index contributed by atoms with van der Waals surface area (Å²) in [6, 6.07) is 3.58. The van der Waals surface area contributed by atoms with E-state index in [1.807, 2.05) is 0 Å². The average molecular weight is 288 g/mol. The first-order valence-corrected chi connectivity index (χ1v) is 7.14. The SMILES string of the molecule is CC(C)(C)CS(=O)(=O)Nc1c(O)cccc1[N+](=O)[O-]. The number of nitrogens with one attached hydrogen (secondary N) is 1. The van der Waals surface area contributed by atoms with Crippen molar-refractivity contribution in [2.75, 3.05) is 10.5 Å². The molecule has 106 valence electrons. The lowest BCUT2D eigenvalue weighted by Gasteiger charge is -2.19. The second-order valence-electron chi connectivity index (χ2n) is 5.35. The second-order valence-corrected chi connectivity index (χ2v) is 7.07. The van der Waals surface area contributed by atoms with Gasteiger partial charge in [-0.3, -0.25) is 14.8 Å². The van der Waals surface area contributed by atoms with Gasteiger partial charge in [0.2, 0.25) is 10.0 Å². The zero-order valence-electron chi connectivity index (χ0n) is 10.9. The molecule has 0 saturated carbocycles. The van der Waals surface area contributed by atoms with E-state index in [2.05, 4.69) is 4.72 Å². The summed E-state index contributed by atoms with van der Waals surface area (Å²) in [5, 5.41) is 20.4. The molecule has 1 rings (SSSR count). The number of aromatic hydroxyl groups is 1. The number of nitro benzene ring substituents is 1. The van der Waals surface area contributed by atoms with Gasteiger partial charge < -0.3 is 5.11 Å². The minimum Gasteiger partial charge on any atom is -0.505 e. The number of anilines is 1. The summed E-state index contributed by atoms with van der Waals surface area (Å²) in [7, 11) is -3.79. The molecule has 0 atom stereocenters. The first-order valence-electron chi connectivity index (χ1n) is 5.49. The molecule has 0 aromatic heterocycles. The Bertz CT molecular complexity index is 590. The van der Waals surface area contributed by atoms with Crippen LogP contribution in [0.15, 0.2) is 18.2 Å². The molecule has 0 fully saturated rings. The Balaban J connectivity index is 3.16. The van der Waals surface area contributed by atoms with E-state index in [4.69, 9.17) is 0 Å². The van der Waals surface area contributed by atoms with E-state index in [0.29, 0.717) is 0 Å². The molecule has 0 spiro atoms. The maximum atomic E-state index is 11.9. The fourth-order valence-corrected chi connectivity index (χ4v) is 3.28. The molecule has 7 nitrogen and oxygen atoms in total. The predicted octanol–water partition coefficient (Wildman–Crippen LogP) is 2.09. The first kappa shape index (κ1) is 15.2. The van der Waals surface area contributed by atoms with Gasteiger partial charge in [0.25, 0.3) is 5.69 Å². The highest BCUT2D eigenvalue weighted by molar-refractivity contribution is 7.92. The Labute approximate surface area is 111 Å². The number of phenolic OH excluding ortho intramolecular Hbond substituents is 1. The molecule has 0 aliphatic rings. The zero-order chi connectivity index (χ0) is 14.8. The van der Waals surface area contributed by atoms with Crippen LogP contribution in [0, 0.1) is 15.5 Å². The van der Waals surface area contributed by atoms with Gasteiger partial charge in [-0.1, -0.05) is 26.8 Å². The molecule has 0 bridgehead atoms. The molecule has 0 amide bonds. The Morgan fingerprint density at radius 2 is 1.95 bits per heavy atom. The van der Waals surface area contributed by atoms with Crippen LogP contribution in [0.5, 0.6) is 5.75 Å². The number of phenols is 1. The van der Waals surface area contributed by atoms with Gasteiger partial charge in [0, 0.05) is 6.07 Å². The lowest BCUT2D eigenvalue weighted by Crippen LogP contribution is -2.26. The number of benzene rings is 1. The minimum absolute atomic E-state index is 0.217. The van der Waals surface area contributed by atoms with E-state index in [1.54, 1.807) is 20.8 Å². The molecule has 1 aromatic carbocycles. The van der Waals surface area contributed by atoms with Crippen LogP contribution in [0.4, 0.5) is 11.4 Å². The number of hydrogen-bond acceptors (Lipinski definition) is 5. The number of hydrogen-bond donors (Lipinski definition) is 2. The molecule has 0 aliphatic heterocycles. The van der Waals surface area contributed by atoms with Crippen LogP contribution >= 0.6 is 0 Å². The number of nitrogens with zero attached hydrogens (tertiary/aromatic N) is 1. The number of para-hydroxylation sites is 1. The van der Waals surface area contributed by atoms with E-state index in [0.717, 1.165) is 6.07 Å².